The minimum atomic E-state index is -0.317. The van der Waals surface area contributed by atoms with Gasteiger partial charge in [-0.05, 0) is 287 Å². The Morgan fingerprint density at radius 3 is 0.618 bits per heavy atom. The van der Waals surface area contributed by atoms with E-state index in [4.69, 9.17) is 18.9 Å². The maximum absolute atomic E-state index is 6.38. The van der Waals surface area contributed by atoms with Crippen molar-refractivity contribution in [3.8, 4) is 44.5 Å². The Bertz CT molecular complexity index is 6190. The van der Waals surface area contributed by atoms with Crippen molar-refractivity contribution in [1.82, 2.24) is 0 Å². The number of fused-ring (bicyclic) bond motifs is 6. The molecular formula is C127H135N5O4. The summed E-state index contributed by atoms with van der Waals surface area (Å²) in [6, 6.07) is 143. The van der Waals surface area contributed by atoms with E-state index in [1.54, 1.807) is 0 Å². The quantitative estimate of drug-likeness (QED) is 0.0348. The molecule has 0 N–H and O–H groups in total. The van der Waals surface area contributed by atoms with Crippen LogP contribution in [0.2, 0.25) is 0 Å². The van der Waals surface area contributed by atoms with Crippen LogP contribution in [0.3, 0.4) is 0 Å². The lowest BCUT2D eigenvalue weighted by Crippen LogP contribution is -2.43. The summed E-state index contributed by atoms with van der Waals surface area (Å²) in [6.45, 7) is 15.4. The Labute approximate surface area is 810 Å². The van der Waals surface area contributed by atoms with Gasteiger partial charge in [0.25, 0.3) is 0 Å². The molecule has 15 aromatic rings. The average molecular weight is 1800 g/mol. The van der Waals surface area contributed by atoms with Crippen LogP contribution in [0.1, 0.15) is 186 Å². The van der Waals surface area contributed by atoms with E-state index in [2.05, 4.69) is 434 Å². The number of unbranched alkanes of at least 4 members (excludes halogenated alkanes) is 12. The molecule has 9 nitrogen and oxygen atoms in total. The lowest BCUT2D eigenvalue weighted by molar-refractivity contribution is -0.137. The maximum atomic E-state index is 6.38. The highest BCUT2D eigenvalue weighted by molar-refractivity contribution is 5.92. The van der Waals surface area contributed by atoms with Crippen LogP contribution >= 0.6 is 0 Å². The van der Waals surface area contributed by atoms with E-state index in [1.807, 2.05) is 0 Å². The first-order valence-corrected chi connectivity index (χ1v) is 50.2. The molecule has 0 bridgehead atoms. The molecule has 692 valence electrons. The van der Waals surface area contributed by atoms with Gasteiger partial charge in [0.1, 0.15) is 0 Å². The summed E-state index contributed by atoms with van der Waals surface area (Å²) >= 11 is 0. The van der Waals surface area contributed by atoms with Crippen LogP contribution in [0, 0.1) is 10.8 Å². The molecule has 2 fully saturated rings. The van der Waals surface area contributed by atoms with Crippen LogP contribution < -0.4 is 24.5 Å². The Hall–Kier alpha value is -12.9. The number of nitrogens with zero attached hydrogens (tertiary/aromatic N) is 5. The fraction of sp³-hybridized carbons (Fsp3) is 0.291. The van der Waals surface area contributed by atoms with Gasteiger partial charge in [0.05, 0.1) is 39.6 Å². The summed E-state index contributed by atoms with van der Waals surface area (Å²) in [5.74, 6) is 0. The van der Waals surface area contributed by atoms with Gasteiger partial charge >= 0.3 is 0 Å². The van der Waals surface area contributed by atoms with Gasteiger partial charge in [-0.25, -0.2) is 0 Å². The van der Waals surface area contributed by atoms with Crippen LogP contribution in [0.25, 0.3) is 44.5 Å². The molecule has 0 radical (unpaired) electrons. The van der Waals surface area contributed by atoms with Crippen molar-refractivity contribution in [2.75, 3.05) is 77.4 Å². The summed E-state index contributed by atoms with van der Waals surface area (Å²) in [7, 11) is 0. The zero-order chi connectivity index (χ0) is 91.7. The largest absolute Gasteiger partial charge is 0.381 e. The van der Waals surface area contributed by atoms with Crippen molar-refractivity contribution in [3.05, 3.63) is 404 Å². The summed E-state index contributed by atoms with van der Waals surface area (Å²) in [4.78, 5) is 12.3. The summed E-state index contributed by atoms with van der Waals surface area (Å²) in [6.07, 6.45) is 22.7. The molecule has 2 aliphatic heterocycles. The Balaban J connectivity index is 0.0000123. The number of hydrogen-bond acceptors (Lipinski definition) is 9. The average Bonchev–Trinajstić information content (AvgIpc) is 1.56. The predicted molar refractivity (Wildman–Crippen MR) is 573 cm³/mol. The van der Waals surface area contributed by atoms with Crippen molar-refractivity contribution in [1.29, 1.82) is 0 Å². The Morgan fingerprint density at radius 2 is 0.412 bits per heavy atom. The minimum Gasteiger partial charge on any atom is -0.381 e. The molecule has 15 aromatic carbocycles. The van der Waals surface area contributed by atoms with Gasteiger partial charge < -0.3 is 43.4 Å². The molecule has 4 aliphatic rings. The number of benzene rings is 15. The first-order valence-electron chi connectivity index (χ1n) is 50.2. The van der Waals surface area contributed by atoms with Gasteiger partial charge in [-0.2, -0.15) is 0 Å². The Kier molecular flexibility index (Phi) is 30.2. The number of rotatable bonds is 45. The molecule has 19 rings (SSSR count). The van der Waals surface area contributed by atoms with Crippen molar-refractivity contribution in [2.24, 2.45) is 10.8 Å². The second-order valence-corrected chi connectivity index (χ2v) is 39.0. The second kappa shape index (κ2) is 43.9. The molecule has 9 heteroatoms. The minimum absolute atomic E-state index is 0. The van der Waals surface area contributed by atoms with Gasteiger partial charge in [0.2, 0.25) is 0 Å². The molecular weight excluding hydrogens is 1660 g/mol. The maximum Gasteiger partial charge on any atom is 0.0564 e. The third-order valence-corrected chi connectivity index (χ3v) is 28.9. The summed E-state index contributed by atoms with van der Waals surface area (Å²) in [5.41, 5.74) is 32.6. The molecule has 2 heterocycles. The van der Waals surface area contributed by atoms with Crippen LogP contribution in [-0.2, 0) is 29.8 Å². The van der Waals surface area contributed by atoms with Gasteiger partial charge in [-0.1, -0.05) is 325 Å². The van der Waals surface area contributed by atoms with E-state index < -0.39 is 0 Å². The van der Waals surface area contributed by atoms with Gasteiger partial charge in [-0.3, -0.25) is 0 Å². The molecule has 2 aliphatic carbocycles. The highest BCUT2D eigenvalue weighted by Crippen LogP contribution is 2.60. The molecule has 2 saturated heterocycles. The molecule has 136 heavy (non-hydrogen) atoms. The van der Waals surface area contributed by atoms with E-state index in [9.17, 15) is 0 Å². The lowest BCUT2D eigenvalue weighted by Gasteiger charge is -2.37. The number of ether oxygens (including phenoxy) is 4. The van der Waals surface area contributed by atoms with Crippen molar-refractivity contribution in [2.45, 2.75) is 174 Å². The number of anilines is 15. The Morgan fingerprint density at radius 1 is 0.221 bits per heavy atom. The van der Waals surface area contributed by atoms with Gasteiger partial charge in [0, 0.05) is 120 Å². The molecule has 0 amide bonds. The molecule has 0 aromatic heterocycles. The monoisotopic (exact) mass is 1790 g/mol. The zero-order valence-corrected chi connectivity index (χ0v) is 79.5. The second-order valence-electron chi connectivity index (χ2n) is 39.0. The third-order valence-electron chi connectivity index (χ3n) is 28.9. The number of para-hydroxylation sites is 7. The fourth-order valence-electron chi connectivity index (χ4n) is 21.7. The highest BCUT2D eigenvalue weighted by atomic mass is 16.5. The van der Waals surface area contributed by atoms with Crippen LogP contribution in [-0.4, -0.2) is 52.9 Å². The summed E-state index contributed by atoms with van der Waals surface area (Å²) < 4.78 is 24.0. The fourth-order valence-corrected chi connectivity index (χ4v) is 21.7. The normalized spacial score (nSPS) is 14.2. The highest BCUT2D eigenvalue weighted by Gasteiger charge is 2.46. The third kappa shape index (κ3) is 20.6. The molecule has 0 spiro atoms. The zero-order valence-electron chi connectivity index (χ0n) is 79.5. The predicted octanol–water partition coefficient (Wildman–Crippen LogP) is 35.5. The molecule has 0 saturated carbocycles. The van der Waals surface area contributed by atoms with E-state index in [0.29, 0.717) is 0 Å². The van der Waals surface area contributed by atoms with Crippen molar-refractivity contribution < 1.29 is 18.9 Å². The first-order chi connectivity index (χ1) is 66.6. The standard InChI is InChI=1S/C126H131N5O4.CH4/c1-5-7-9-36-80-125(81-37-10-8-6-2)119-86-111(128(102-46-26-17-27-47-102)103-48-28-18-29-49-103)72-76-115(119)116-77-73-112(87-120(116)125)129(104-50-30-19-31-51-104)109-68-60-98(61-69-109)99-62-70-110(71-63-99)131(106-54-34-21-35-55-106)114-75-79-118-117-78-74-113(88-121(117)126(122(118)89-114,82-38-11-13-40-84-132-90-123(3)92-134-93-123)83-39-12-14-41-85-133-91-124(4)94-135-95-124)130(105-52-32-20-33-53-105)108-66-58-97(59-67-108)96-56-64-107(65-57-96)127(100-42-22-15-23-43-100)101-44-24-16-25-45-101;/h15-35,42-79,86-89H,5-14,36-41,80-85,90-95H2,1-4H3;1H4. The van der Waals surface area contributed by atoms with Crippen LogP contribution in [0.5, 0.6) is 0 Å². The topological polar surface area (TPSA) is 53.1 Å². The summed E-state index contributed by atoms with van der Waals surface area (Å²) in [5, 5.41) is 0. The first kappa shape index (κ1) is 93.5. The van der Waals surface area contributed by atoms with Crippen molar-refractivity contribution in [3.63, 3.8) is 0 Å². The van der Waals surface area contributed by atoms with E-state index in [0.717, 1.165) is 221 Å². The van der Waals surface area contributed by atoms with Crippen LogP contribution in [0.4, 0.5) is 85.3 Å². The molecule has 0 unspecified atom stereocenters. The molecule has 0 atom stereocenters. The van der Waals surface area contributed by atoms with Crippen LogP contribution in [0.15, 0.2) is 382 Å². The van der Waals surface area contributed by atoms with Gasteiger partial charge in [0.15, 0.2) is 0 Å². The number of hydrogen-bond donors (Lipinski definition) is 0. The van der Waals surface area contributed by atoms with Crippen molar-refractivity contribution >= 4 is 85.3 Å². The van der Waals surface area contributed by atoms with E-state index >= 15 is 0 Å². The lowest BCUT2D eigenvalue weighted by atomic mass is 9.70. The van der Waals surface area contributed by atoms with E-state index in [-0.39, 0.29) is 29.1 Å². The van der Waals surface area contributed by atoms with E-state index in [1.165, 1.54) is 113 Å². The SMILES string of the molecule is C.CCCCCCC1(CCCCCC)c2cc(N(c3ccccc3)c3ccccc3)ccc2-c2ccc(N(c3ccccc3)c3ccc(-c4ccc(N(c5ccccc5)c5ccc6c(c5)C(CCCCCCOCC5(C)COC5)(CCCCCCOCC5(C)COC5)c5cc(N(c7ccccc7)c7ccc(-c8ccc(N(c9ccccc9)c9ccccc9)cc8)cc7)ccc5-6)cc4)cc3)cc21. The smallest absolute Gasteiger partial charge is 0.0564 e. The van der Waals surface area contributed by atoms with Gasteiger partial charge in [-0.15, -0.1) is 0 Å².